The molecule has 3 rings (SSSR count). The van der Waals surface area contributed by atoms with E-state index in [-0.39, 0.29) is 57.0 Å². The standard InChI is InChI=1S/C33H59N3O6/c1-2-33(24-40-30(37)18-21-34-27-12-6-3-7-13-27,25-41-31(38)19-22-35-28-14-8-4-9-15-28)26-42-32(39)20-23-36-29-16-10-5-11-17-29/h27-29,34-36H,2-26H2,1H3. The maximum atomic E-state index is 12.6. The Morgan fingerprint density at radius 2 is 0.810 bits per heavy atom. The third kappa shape index (κ3) is 14.2. The molecule has 3 aliphatic carbocycles. The first kappa shape index (κ1) is 34.8. The molecule has 242 valence electrons. The molecule has 0 heterocycles. The molecule has 0 bridgehead atoms. The Bertz CT molecular complexity index is 678. The fraction of sp³-hybridized carbons (Fsp3) is 0.909. The van der Waals surface area contributed by atoms with E-state index in [1.807, 2.05) is 6.92 Å². The Hall–Kier alpha value is -1.71. The normalized spacial score (nSPS) is 19.4. The zero-order valence-corrected chi connectivity index (χ0v) is 26.4. The molecule has 3 N–H and O–H groups in total. The van der Waals surface area contributed by atoms with Gasteiger partial charge in [-0.25, -0.2) is 0 Å². The number of carbonyl (C=O) groups is 3. The van der Waals surface area contributed by atoms with Crippen LogP contribution in [0.1, 0.15) is 129 Å². The van der Waals surface area contributed by atoms with Crippen LogP contribution in [0, 0.1) is 5.41 Å². The number of nitrogens with one attached hydrogen (secondary N) is 3. The quantitative estimate of drug-likeness (QED) is 0.141. The highest BCUT2D eigenvalue weighted by atomic mass is 16.6. The molecular weight excluding hydrogens is 534 g/mol. The summed E-state index contributed by atoms with van der Waals surface area (Å²) in [4.78, 5) is 37.8. The van der Waals surface area contributed by atoms with E-state index in [4.69, 9.17) is 14.2 Å². The summed E-state index contributed by atoms with van der Waals surface area (Å²) in [7, 11) is 0. The van der Waals surface area contributed by atoms with Gasteiger partial charge in [0.25, 0.3) is 0 Å². The summed E-state index contributed by atoms with van der Waals surface area (Å²) in [6, 6.07) is 1.46. The number of hydrogen-bond acceptors (Lipinski definition) is 9. The molecule has 0 aromatic heterocycles. The summed E-state index contributed by atoms with van der Waals surface area (Å²) < 4.78 is 17.1. The molecule has 0 unspecified atom stereocenters. The molecule has 0 aliphatic heterocycles. The molecule has 3 saturated carbocycles. The van der Waals surface area contributed by atoms with Gasteiger partial charge in [-0.1, -0.05) is 64.7 Å². The van der Waals surface area contributed by atoms with E-state index in [2.05, 4.69) is 16.0 Å². The molecule has 9 nitrogen and oxygen atoms in total. The smallest absolute Gasteiger partial charge is 0.307 e. The van der Waals surface area contributed by atoms with Crippen molar-refractivity contribution in [1.29, 1.82) is 0 Å². The minimum absolute atomic E-state index is 0.0486. The Balaban J connectivity index is 1.43. The van der Waals surface area contributed by atoms with Gasteiger partial charge in [0, 0.05) is 37.8 Å². The predicted octanol–water partition coefficient (Wildman–Crippen LogP) is 4.95. The molecule has 0 aromatic carbocycles. The second-order valence-electron chi connectivity index (χ2n) is 13.0. The van der Waals surface area contributed by atoms with E-state index in [1.54, 1.807) is 0 Å². The Labute approximate surface area is 254 Å². The van der Waals surface area contributed by atoms with E-state index in [9.17, 15) is 14.4 Å². The third-order valence-corrected chi connectivity index (χ3v) is 9.47. The van der Waals surface area contributed by atoms with Gasteiger partial charge in [0.1, 0.15) is 19.8 Å². The maximum Gasteiger partial charge on any atom is 0.307 e. The predicted molar refractivity (Wildman–Crippen MR) is 164 cm³/mol. The highest BCUT2D eigenvalue weighted by Gasteiger charge is 2.34. The molecule has 0 aromatic rings. The highest BCUT2D eigenvalue weighted by Crippen LogP contribution is 2.25. The molecule has 9 heteroatoms. The van der Waals surface area contributed by atoms with Crippen molar-refractivity contribution < 1.29 is 28.6 Å². The van der Waals surface area contributed by atoms with E-state index < -0.39 is 5.41 Å². The van der Waals surface area contributed by atoms with Crippen LogP contribution in [0.3, 0.4) is 0 Å². The topological polar surface area (TPSA) is 115 Å². The highest BCUT2D eigenvalue weighted by molar-refractivity contribution is 5.70. The Morgan fingerprint density at radius 3 is 1.07 bits per heavy atom. The first-order valence-corrected chi connectivity index (χ1v) is 17.1. The van der Waals surface area contributed by atoms with E-state index in [0.717, 1.165) is 38.5 Å². The SMILES string of the molecule is CCC(COC(=O)CCNC1CCCCC1)(COC(=O)CCNC1CCCCC1)COC(=O)CCNC1CCCCC1. The summed E-state index contributed by atoms with van der Waals surface area (Å²) >= 11 is 0. The summed E-state index contributed by atoms with van der Waals surface area (Å²) in [5.74, 6) is -0.869. The lowest BCUT2D eigenvalue weighted by molar-refractivity contribution is -0.162. The fourth-order valence-corrected chi connectivity index (χ4v) is 6.40. The number of hydrogen-bond donors (Lipinski definition) is 3. The minimum Gasteiger partial charge on any atom is -0.465 e. The van der Waals surface area contributed by atoms with Crippen molar-refractivity contribution in [3.05, 3.63) is 0 Å². The van der Waals surface area contributed by atoms with Crippen LogP contribution in [-0.4, -0.2) is 75.5 Å². The fourth-order valence-electron chi connectivity index (χ4n) is 6.40. The number of rotatable bonds is 19. The first-order valence-electron chi connectivity index (χ1n) is 17.1. The van der Waals surface area contributed by atoms with Crippen LogP contribution < -0.4 is 16.0 Å². The lowest BCUT2D eigenvalue weighted by Gasteiger charge is -2.31. The molecule has 0 radical (unpaired) electrons. The van der Waals surface area contributed by atoms with Crippen LogP contribution in [0.15, 0.2) is 0 Å². The Morgan fingerprint density at radius 1 is 0.524 bits per heavy atom. The van der Waals surface area contributed by atoms with Gasteiger partial charge in [-0.3, -0.25) is 14.4 Å². The van der Waals surface area contributed by atoms with Gasteiger partial charge >= 0.3 is 17.9 Å². The average molecular weight is 594 g/mol. The summed E-state index contributed by atoms with van der Waals surface area (Å²) in [6.45, 7) is 3.88. The molecule has 3 aliphatic rings. The first-order chi connectivity index (χ1) is 20.5. The maximum absolute atomic E-state index is 12.6. The van der Waals surface area contributed by atoms with Gasteiger partial charge in [0.15, 0.2) is 0 Å². The van der Waals surface area contributed by atoms with Crippen molar-refractivity contribution >= 4 is 17.9 Å². The van der Waals surface area contributed by atoms with Gasteiger partial charge in [-0.15, -0.1) is 0 Å². The molecule has 0 saturated heterocycles. The summed E-state index contributed by atoms with van der Waals surface area (Å²) in [6.07, 6.45) is 19.7. The van der Waals surface area contributed by atoms with Crippen molar-refractivity contribution in [3.8, 4) is 0 Å². The van der Waals surface area contributed by atoms with Crippen molar-refractivity contribution in [2.75, 3.05) is 39.5 Å². The van der Waals surface area contributed by atoms with E-state index >= 15 is 0 Å². The zero-order chi connectivity index (χ0) is 29.9. The molecule has 0 amide bonds. The van der Waals surface area contributed by atoms with Crippen LogP contribution in [0.25, 0.3) is 0 Å². The Kier molecular flexibility index (Phi) is 16.8. The lowest BCUT2D eigenvalue weighted by atomic mass is 9.88. The average Bonchev–Trinajstić information content (AvgIpc) is 3.02. The molecule has 0 atom stereocenters. The van der Waals surface area contributed by atoms with Crippen molar-refractivity contribution in [2.24, 2.45) is 5.41 Å². The van der Waals surface area contributed by atoms with Crippen molar-refractivity contribution in [3.63, 3.8) is 0 Å². The monoisotopic (exact) mass is 593 g/mol. The molecular formula is C33H59N3O6. The van der Waals surface area contributed by atoms with Gasteiger partial charge in [-0.2, -0.15) is 0 Å². The summed E-state index contributed by atoms with van der Waals surface area (Å²) in [5.41, 5.74) is -0.772. The van der Waals surface area contributed by atoms with Crippen LogP contribution in [0.4, 0.5) is 0 Å². The third-order valence-electron chi connectivity index (χ3n) is 9.47. The van der Waals surface area contributed by atoms with Gasteiger partial charge < -0.3 is 30.2 Å². The summed E-state index contributed by atoms with van der Waals surface area (Å²) in [5, 5.41) is 10.4. The van der Waals surface area contributed by atoms with E-state index in [1.165, 1.54) is 57.8 Å². The van der Waals surface area contributed by atoms with Crippen molar-refractivity contribution in [2.45, 2.75) is 147 Å². The number of esters is 3. The molecule has 3 fully saturated rings. The van der Waals surface area contributed by atoms with Gasteiger partial charge in [-0.05, 0) is 44.9 Å². The van der Waals surface area contributed by atoms with Crippen LogP contribution in [0.2, 0.25) is 0 Å². The number of carbonyl (C=O) groups excluding carboxylic acids is 3. The molecule has 0 spiro atoms. The van der Waals surface area contributed by atoms with Crippen LogP contribution in [-0.2, 0) is 28.6 Å². The largest absolute Gasteiger partial charge is 0.465 e. The van der Waals surface area contributed by atoms with E-state index in [0.29, 0.717) is 44.2 Å². The second-order valence-corrected chi connectivity index (χ2v) is 13.0. The lowest BCUT2D eigenvalue weighted by Crippen LogP contribution is -2.40. The minimum atomic E-state index is -0.772. The number of ether oxygens (including phenoxy) is 3. The van der Waals surface area contributed by atoms with Crippen molar-refractivity contribution in [1.82, 2.24) is 16.0 Å². The van der Waals surface area contributed by atoms with Crippen LogP contribution >= 0.6 is 0 Å². The zero-order valence-electron chi connectivity index (χ0n) is 26.4. The van der Waals surface area contributed by atoms with Gasteiger partial charge in [0.2, 0.25) is 0 Å². The second kappa shape index (κ2) is 20.3. The van der Waals surface area contributed by atoms with Crippen LogP contribution in [0.5, 0.6) is 0 Å². The van der Waals surface area contributed by atoms with Gasteiger partial charge in [0.05, 0.1) is 24.7 Å². The molecule has 42 heavy (non-hydrogen) atoms.